The first kappa shape index (κ1) is 21.4. The van der Waals surface area contributed by atoms with E-state index in [9.17, 15) is 13.9 Å². The summed E-state index contributed by atoms with van der Waals surface area (Å²) in [5.41, 5.74) is 0. The number of halogens is 2. The van der Waals surface area contributed by atoms with E-state index in [0.717, 1.165) is 69.1 Å². The molecule has 0 amide bonds. The normalized spacial score (nSPS) is 50.1. The van der Waals surface area contributed by atoms with E-state index in [2.05, 4.69) is 12.6 Å². The fourth-order valence-electron chi connectivity index (χ4n) is 7.19. The van der Waals surface area contributed by atoms with Crippen LogP contribution in [-0.2, 0) is 0 Å². The van der Waals surface area contributed by atoms with Gasteiger partial charge in [0.1, 0.15) is 12.3 Å². The number of rotatable bonds is 4. The summed E-state index contributed by atoms with van der Waals surface area (Å²) in [6.45, 7) is 0. The Kier molecular flexibility index (Phi) is 7.29. The minimum absolute atomic E-state index is 0.0507. The van der Waals surface area contributed by atoms with Gasteiger partial charge in [-0.15, -0.1) is 0 Å². The number of thiol groups is 1. The van der Waals surface area contributed by atoms with Crippen molar-refractivity contribution >= 4 is 12.6 Å². The van der Waals surface area contributed by atoms with Gasteiger partial charge in [-0.3, -0.25) is 0 Å². The topological polar surface area (TPSA) is 20.2 Å². The van der Waals surface area contributed by atoms with Crippen LogP contribution in [0.2, 0.25) is 0 Å². The Hall–Kier alpha value is 0.170. The molecule has 6 unspecified atom stereocenters. The molecule has 4 aliphatic carbocycles. The van der Waals surface area contributed by atoms with Gasteiger partial charge >= 0.3 is 0 Å². The van der Waals surface area contributed by atoms with E-state index in [-0.39, 0.29) is 23.2 Å². The monoisotopic (exact) mass is 414 g/mol. The van der Waals surface area contributed by atoms with Gasteiger partial charge in [-0.25, -0.2) is 8.78 Å². The number of fused-ring (bicyclic) bond motifs is 1. The van der Waals surface area contributed by atoms with Crippen molar-refractivity contribution in [2.75, 3.05) is 0 Å². The third kappa shape index (κ3) is 4.90. The first-order valence-corrected chi connectivity index (χ1v) is 12.7. The van der Waals surface area contributed by atoms with E-state index < -0.39 is 12.3 Å². The van der Waals surface area contributed by atoms with E-state index >= 15 is 0 Å². The van der Waals surface area contributed by atoms with E-state index in [0.29, 0.717) is 5.92 Å². The first-order chi connectivity index (χ1) is 13.5. The number of hydrogen-bond donors (Lipinski definition) is 2. The van der Waals surface area contributed by atoms with Gasteiger partial charge in [0.25, 0.3) is 0 Å². The lowest BCUT2D eigenvalue weighted by molar-refractivity contribution is -0.0331. The van der Waals surface area contributed by atoms with Crippen LogP contribution in [0.4, 0.5) is 8.78 Å². The van der Waals surface area contributed by atoms with Crippen molar-refractivity contribution in [2.45, 2.75) is 114 Å². The zero-order chi connectivity index (χ0) is 19.7. The quantitative estimate of drug-likeness (QED) is 0.501. The van der Waals surface area contributed by atoms with Crippen molar-refractivity contribution in [3.05, 3.63) is 0 Å². The molecule has 0 aliphatic heterocycles. The molecule has 0 aromatic carbocycles. The van der Waals surface area contributed by atoms with Crippen LogP contribution in [0.25, 0.3) is 0 Å². The average molecular weight is 415 g/mol. The minimum atomic E-state index is -1.25. The molecular weight excluding hydrogens is 374 g/mol. The molecular formula is C24H40F2OS. The Balaban J connectivity index is 1.21. The highest BCUT2D eigenvalue weighted by atomic mass is 32.1. The SMILES string of the molecule is OC1CCC(C2CCC(CCC3CC4CCC(S)CC4C(F)C3F)CC2)CC1. The number of alkyl halides is 2. The van der Waals surface area contributed by atoms with Crippen molar-refractivity contribution in [1.29, 1.82) is 0 Å². The van der Waals surface area contributed by atoms with Gasteiger partial charge in [-0.2, -0.15) is 12.6 Å². The second-order valence-corrected chi connectivity index (χ2v) is 11.4. The van der Waals surface area contributed by atoms with Crippen molar-refractivity contribution in [2.24, 2.45) is 35.5 Å². The predicted octanol–water partition coefficient (Wildman–Crippen LogP) is 6.53. The molecule has 0 saturated heterocycles. The Morgan fingerprint density at radius 3 is 1.96 bits per heavy atom. The van der Waals surface area contributed by atoms with Crippen LogP contribution in [-0.4, -0.2) is 28.8 Å². The highest BCUT2D eigenvalue weighted by Gasteiger charge is 2.47. The van der Waals surface area contributed by atoms with E-state index in [4.69, 9.17) is 0 Å². The van der Waals surface area contributed by atoms with Crippen molar-refractivity contribution in [3.63, 3.8) is 0 Å². The molecule has 162 valence electrons. The molecule has 4 saturated carbocycles. The van der Waals surface area contributed by atoms with Gasteiger partial charge in [-0.05, 0) is 106 Å². The maximum Gasteiger partial charge on any atom is 0.135 e. The zero-order valence-corrected chi connectivity index (χ0v) is 18.2. The van der Waals surface area contributed by atoms with Gasteiger partial charge in [0.2, 0.25) is 0 Å². The lowest BCUT2D eigenvalue weighted by atomic mass is 9.64. The lowest BCUT2D eigenvalue weighted by Gasteiger charge is -2.45. The number of aliphatic hydroxyl groups excluding tert-OH is 1. The first-order valence-electron chi connectivity index (χ1n) is 12.2. The minimum Gasteiger partial charge on any atom is -0.393 e. The molecule has 4 aliphatic rings. The average Bonchev–Trinajstić information content (AvgIpc) is 2.71. The lowest BCUT2D eigenvalue weighted by Crippen LogP contribution is -2.46. The molecule has 6 atom stereocenters. The summed E-state index contributed by atoms with van der Waals surface area (Å²) in [7, 11) is 0. The Labute approximate surface area is 175 Å². The summed E-state index contributed by atoms with van der Waals surface area (Å²) >= 11 is 4.53. The third-order valence-electron chi connectivity index (χ3n) is 9.03. The van der Waals surface area contributed by atoms with Crippen LogP contribution in [0.5, 0.6) is 0 Å². The fraction of sp³-hybridized carbons (Fsp3) is 1.00. The Morgan fingerprint density at radius 1 is 0.679 bits per heavy atom. The summed E-state index contributed by atoms with van der Waals surface area (Å²) in [4.78, 5) is 0. The molecule has 0 aromatic rings. The van der Waals surface area contributed by atoms with Gasteiger partial charge in [0.15, 0.2) is 0 Å². The summed E-state index contributed by atoms with van der Waals surface area (Å²) in [6, 6.07) is 0. The predicted molar refractivity (Wildman–Crippen MR) is 114 cm³/mol. The molecule has 4 rings (SSSR count). The zero-order valence-electron chi connectivity index (χ0n) is 17.3. The maximum absolute atomic E-state index is 14.8. The van der Waals surface area contributed by atoms with Crippen LogP contribution in [0.1, 0.15) is 89.9 Å². The maximum atomic E-state index is 14.8. The van der Waals surface area contributed by atoms with Gasteiger partial charge in [0.05, 0.1) is 6.10 Å². The summed E-state index contributed by atoms with van der Waals surface area (Å²) in [6.07, 6.45) is 12.8. The molecule has 0 radical (unpaired) electrons. The highest BCUT2D eigenvalue weighted by Crippen LogP contribution is 2.48. The van der Waals surface area contributed by atoms with Gasteiger partial charge in [0, 0.05) is 5.25 Å². The molecule has 0 spiro atoms. The Morgan fingerprint density at radius 2 is 1.29 bits per heavy atom. The number of aliphatic hydroxyl groups is 1. The summed E-state index contributed by atoms with van der Waals surface area (Å²) in [5.74, 6) is 2.66. The van der Waals surface area contributed by atoms with Crippen LogP contribution in [0.15, 0.2) is 0 Å². The smallest absolute Gasteiger partial charge is 0.135 e. The van der Waals surface area contributed by atoms with Gasteiger partial charge < -0.3 is 5.11 Å². The molecule has 1 nitrogen and oxygen atoms in total. The third-order valence-corrected chi connectivity index (χ3v) is 9.50. The fourth-order valence-corrected chi connectivity index (χ4v) is 7.58. The van der Waals surface area contributed by atoms with Gasteiger partial charge in [-0.1, -0.05) is 19.3 Å². The van der Waals surface area contributed by atoms with Crippen LogP contribution in [0.3, 0.4) is 0 Å². The molecule has 0 heterocycles. The summed E-state index contributed by atoms with van der Waals surface area (Å²) in [5, 5.41) is 9.99. The molecule has 4 fully saturated rings. The molecule has 0 aromatic heterocycles. The van der Waals surface area contributed by atoms with Crippen LogP contribution >= 0.6 is 12.6 Å². The standard InChI is InChI=1S/C24H40F2OS/c25-23-19(13-18-9-12-21(28)14-22(18)24(23)26)6-3-15-1-4-16(5-2-15)17-7-10-20(27)11-8-17/h15-24,27-28H,1-14H2. The molecule has 0 bridgehead atoms. The van der Waals surface area contributed by atoms with Crippen molar-refractivity contribution in [1.82, 2.24) is 0 Å². The summed E-state index contributed by atoms with van der Waals surface area (Å²) < 4.78 is 29.6. The highest BCUT2D eigenvalue weighted by molar-refractivity contribution is 7.80. The van der Waals surface area contributed by atoms with Crippen molar-refractivity contribution in [3.8, 4) is 0 Å². The molecule has 4 heteroatoms. The van der Waals surface area contributed by atoms with Crippen LogP contribution in [0, 0.1) is 35.5 Å². The molecule has 28 heavy (non-hydrogen) atoms. The van der Waals surface area contributed by atoms with Crippen LogP contribution < -0.4 is 0 Å². The molecule has 1 N–H and O–H groups in total. The Bertz CT molecular complexity index is 485. The second-order valence-electron chi connectivity index (χ2n) is 10.7. The second kappa shape index (κ2) is 9.54. The van der Waals surface area contributed by atoms with Crippen molar-refractivity contribution < 1.29 is 13.9 Å². The van der Waals surface area contributed by atoms with E-state index in [1.54, 1.807) is 0 Å². The van der Waals surface area contributed by atoms with E-state index in [1.807, 2.05) is 0 Å². The van der Waals surface area contributed by atoms with E-state index in [1.165, 1.54) is 38.5 Å². The largest absolute Gasteiger partial charge is 0.393 e. The number of hydrogen-bond acceptors (Lipinski definition) is 2.